The smallest absolute Gasteiger partial charge is 0.355 e. The van der Waals surface area contributed by atoms with E-state index >= 15 is 0 Å². The Morgan fingerprint density at radius 2 is 2.10 bits per heavy atom. The third-order valence-electron chi connectivity index (χ3n) is 4.46. The predicted octanol–water partition coefficient (Wildman–Crippen LogP) is 3.61. The molecular formula is C18H17ClF3N5O2. The molecule has 7 nitrogen and oxygen atoms in total. The van der Waals surface area contributed by atoms with Crippen molar-refractivity contribution in [1.82, 2.24) is 19.4 Å². The summed E-state index contributed by atoms with van der Waals surface area (Å²) in [7, 11) is 1.59. The van der Waals surface area contributed by atoms with Gasteiger partial charge in [0.05, 0.1) is 27.8 Å². The quantitative estimate of drug-likeness (QED) is 0.619. The Bertz CT molecular complexity index is 1250. The molecule has 3 aromatic rings. The molecule has 0 saturated carbocycles. The molecule has 1 unspecified atom stereocenters. The summed E-state index contributed by atoms with van der Waals surface area (Å²) in [4.78, 5) is 29.1. The first-order valence-electron chi connectivity index (χ1n) is 9.71. The van der Waals surface area contributed by atoms with Crippen LogP contribution in [-0.2, 0) is 7.05 Å². The number of halogens is 4. The molecule has 0 radical (unpaired) electrons. The number of carbonyl (C=O) groups excluding carboxylic acids is 1. The Balaban J connectivity index is 2.14. The summed E-state index contributed by atoms with van der Waals surface area (Å²) >= 11 is 5.90. The van der Waals surface area contributed by atoms with Crippen LogP contribution in [0.25, 0.3) is 10.9 Å². The number of hydrogen-bond donors (Lipinski definition) is 2. The molecule has 0 aliphatic rings. The molecular weight excluding hydrogens is 411 g/mol. The van der Waals surface area contributed by atoms with Crippen LogP contribution in [0.2, 0.25) is 5.15 Å². The molecule has 0 saturated heterocycles. The summed E-state index contributed by atoms with van der Waals surface area (Å²) in [6.07, 6.45) is -1.08. The van der Waals surface area contributed by atoms with Crippen LogP contribution in [0.5, 0.6) is 0 Å². The summed E-state index contributed by atoms with van der Waals surface area (Å²) < 4.78 is 63.3. The Labute approximate surface area is 172 Å². The van der Waals surface area contributed by atoms with E-state index in [4.69, 9.17) is 15.7 Å². The fraction of sp³-hybridized carbons (Fsp3) is 0.278. The fourth-order valence-electron chi connectivity index (χ4n) is 2.90. The highest BCUT2D eigenvalue weighted by Crippen LogP contribution is 2.32. The van der Waals surface area contributed by atoms with E-state index in [1.54, 1.807) is 7.05 Å². The molecule has 0 bridgehead atoms. The number of aromatic nitrogens is 3. The molecule has 1 amide bonds. The molecule has 3 rings (SSSR count). The zero-order valence-corrected chi connectivity index (χ0v) is 15.9. The zero-order chi connectivity index (χ0) is 24.0. The lowest BCUT2D eigenvalue weighted by molar-refractivity contribution is -0.163. The van der Waals surface area contributed by atoms with Crippen LogP contribution in [0.3, 0.4) is 0 Å². The van der Waals surface area contributed by atoms with Crippen molar-refractivity contribution in [2.75, 3.05) is 12.3 Å². The van der Waals surface area contributed by atoms with E-state index in [-0.39, 0.29) is 27.5 Å². The Hall–Kier alpha value is -3.01. The maximum atomic E-state index is 13.2. The van der Waals surface area contributed by atoms with E-state index in [1.807, 2.05) is 5.32 Å². The van der Waals surface area contributed by atoms with Crippen LogP contribution < -0.4 is 16.2 Å². The zero-order valence-electron chi connectivity index (χ0n) is 18.1. The number of anilines is 2. The molecule has 29 heavy (non-hydrogen) atoms. The van der Waals surface area contributed by atoms with Crippen molar-refractivity contribution in [1.29, 1.82) is 0 Å². The Morgan fingerprint density at radius 1 is 1.38 bits per heavy atom. The van der Waals surface area contributed by atoms with Crippen molar-refractivity contribution < 1.29 is 22.1 Å². The van der Waals surface area contributed by atoms with E-state index in [1.165, 1.54) is 22.9 Å². The van der Waals surface area contributed by atoms with Gasteiger partial charge in [0, 0.05) is 36.7 Å². The first kappa shape index (κ1) is 16.9. The van der Waals surface area contributed by atoms with Gasteiger partial charge < -0.3 is 19.8 Å². The van der Waals surface area contributed by atoms with Crippen LogP contribution in [-0.4, -0.2) is 33.2 Å². The second kappa shape index (κ2) is 7.43. The molecule has 3 aromatic heterocycles. The monoisotopic (exact) mass is 430 g/mol. The molecule has 0 aliphatic heterocycles. The minimum absolute atomic E-state index is 0.0120. The molecule has 154 valence electrons. The van der Waals surface area contributed by atoms with Gasteiger partial charge in [-0.05, 0) is 19.1 Å². The largest absolute Gasteiger partial charge is 0.408 e. The van der Waals surface area contributed by atoms with E-state index in [9.17, 15) is 22.8 Å². The lowest BCUT2D eigenvalue weighted by Gasteiger charge is -2.18. The lowest BCUT2D eigenvalue weighted by Crippen LogP contribution is -2.32. The van der Waals surface area contributed by atoms with Crippen LogP contribution in [0, 0.1) is 0 Å². The maximum absolute atomic E-state index is 13.2. The number of hydrogen-bond acceptors (Lipinski definition) is 4. The van der Waals surface area contributed by atoms with Crippen molar-refractivity contribution in [3.63, 3.8) is 0 Å². The number of fused-ring (bicyclic) bond motifs is 1. The summed E-state index contributed by atoms with van der Waals surface area (Å²) in [5.74, 6) is -0.986. The van der Waals surface area contributed by atoms with Gasteiger partial charge in [-0.25, -0.2) is 4.98 Å². The summed E-state index contributed by atoms with van der Waals surface area (Å²) in [5.41, 5.74) is -0.636. The fourth-order valence-corrected chi connectivity index (χ4v) is 3.06. The van der Waals surface area contributed by atoms with Gasteiger partial charge in [0.25, 0.3) is 11.5 Å². The Morgan fingerprint density at radius 3 is 2.76 bits per heavy atom. The van der Waals surface area contributed by atoms with Crippen LogP contribution in [0.15, 0.2) is 35.5 Å². The molecule has 0 aliphatic carbocycles. The van der Waals surface area contributed by atoms with Gasteiger partial charge in [0.15, 0.2) is 0 Å². The summed E-state index contributed by atoms with van der Waals surface area (Å²) in [6.45, 7) is -1.90. The van der Waals surface area contributed by atoms with E-state index < -0.39 is 30.7 Å². The molecule has 0 aromatic carbocycles. The van der Waals surface area contributed by atoms with Gasteiger partial charge in [0.2, 0.25) is 0 Å². The molecule has 1 atom stereocenters. The topological polar surface area (TPSA) is 81.0 Å². The molecule has 0 spiro atoms. The first-order valence-corrected chi connectivity index (χ1v) is 8.59. The standard InChI is InChI=1S/C18H17ClF3N5O2/c1-9(18(20,21)22)27-5-4-13-15(17(27)29)12(8-26(13)3)25-11-6-14(19)24-7-10(11)16(28)23-2/h4-9H,1-3H3,(H,23,28)(H,24,25)/i2D3. The second-order valence-corrected chi connectivity index (χ2v) is 6.68. The maximum Gasteiger partial charge on any atom is 0.408 e. The number of pyridine rings is 2. The van der Waals surface area contributed by atoms with Crippen LogP contribution >= 0.6 is 11.6 Å². The predicted molar refractivity (Wildman–Crippen MR) is 104 cm³/mol. The highest BCUT2D eigenvalue weighted by atomic mass is 35.5. The van der Waals surface area contributed by atoms with E-state index in [2.05, 4.69) is 10.3 Å². The van der Waals surface area contributed by atoms with Gasteiger partial charge in [-0.15, -0.1) is 0 Å². The highest BCUT2D eigenvalue weighted by molar-refractivity contribution is 6.29. The van der Waals surface area contributed by atoms with Gasteiger partial charge in [0.1, 0.15) is 11.2 Å². The average Bonchev–Trinajstić information content (AvgIpc) is 2.95. The van der Waals surface area contributed by atoms with Crippen molar-refractivity contribution >= 4 is 39.8 Å². The number of alkyl halides is 3. The van der Waals surface area contributed by atoms with Crippen molar-refractivity contribution in [2.24, 2.45) is 7.05 Å². The van der Waals surface area contributed by atoms with Gasteiger partial charge in [-0.3, -0.25) is 9.59 Å². The number of amides is 1. The molecule has 3 heterocycles. The second-order valence-electron chi connectivity index (χ2n) is 6.29. The first-order chi connectivity index (χ1) is 14.7. The molecule has 11 heteroatoms. The summed E-state index contributed by atoms with van der Waals surface area (Å²) in [5, 5.41) is 4.53. The van der Waals surface area contributed by atoms with E-state index in [0.29, 0.717) is 10.1 Å². The molecule has 0 fully saturated rings. The van der Waals surface area contributed by atoms with Crippen LogP contribution in [0.1, 0.15) is 27.4 Å². The highest BCUT2D eigenvalue weighted by Gasteiger charge is 2.38. The number of rotatable bonds is 4. The minimum Gasteiger partial charge on any atom is -0.355 e. The van der Waals surface area contributed by atoms with Gasteiger partial charge in [-0.1, -0.05) is 11.6 Å². The number of nitrogens with one attached hydrogen (secondary N) is 2. The SMILES string of the molecule is [2H]C([2H])([2H])NC(=O)c1cnc(Cl)cc1Nc1cn(C)c2ccn(C(C)C(F)(F)F)c(=O)c12. The third-order valence-corrected chi connectivity index (χ3v) is 4.67. The Kier molecular flexibility index (Phi) is 4.33. The normalized spacial score (nSPS) is 14.8. The van der Waals surface area contributed by atoms with E-state index in [0.717, 1.165) is 19.3 Å². The minimum atomic E-state index is -4.64. The van der Waals surface area contributed by atoms with Crippen molar-refractivity contribution in [3.8, 4) is 0 Å². The van der Waals surface area contributed by atoms with Gasteiger partial charge in [-0.2, -0.15) is 13.2 Å². The van der Waals surface area contributed by atoms with Crippen molar-refractivity contribution in [2.45, 2.75) is 19.1 Å². The summed E-state index contributed by atoms with van der Waals surface area (Å²) in [6, 6.07) is 0.532. The van der Waals surface area contributed by atoms with Crippen LogP contribution in [0.4, 0.5) is 24.5 Å². The number of aryl methyl sites for hydroxylation is 1. The number of carbonyl (C=O) groups is 1. The third kappa shape index (κ3) is 3.80. The van der Waals surface area contributed by atoms with Crippen molar-refractivity contribution in [3.05, 3.63) is 51.8 Å². The van der Waals surface area contributed by atoms with Gasteiger partial charge >= 0.3 is 6.18 Å². The lowest BCUT2D eigenvalue weighted by atomic mass is 10.2. The average molecular weight is 431 g/mol. The molecule has 2 N–H and O–H groups in total. The number of nitrogens with zero attached hydrogens (tertiary/aromatic N) is 3.